The molecule has 2 aromatic rings. The van der Waals surface area contributed by atoms with Crippen LogP contribution in [0.15, 0.2) is 40.9 Å². The van der Waals surface area contributed by atoms with Gasteiger partial charge in [0.15, 0.2) is 0 Å². The Labute approximate surface area is 116 Å². The van der Waals surface area contributed by atoms with Crippen LogP contribution in [0.2, 0.25) is 0 Å². The monoisotopic (exact) mass is 326 g/mol. The summed E-state index contributed by atoms with van der Waals surface area (Å²) in [7, 11) is 0. The summed E-state index contributed by atoms with van der Waals surface area (Å²) in [4.78, 5) is 11.9. The van der Waals surface area contributed by atoms with Crippen LogP contribution in [0.25, 0.3) is 0 Å². The van der Waals surface area contributed by atoms with Gasteiger partial charge in [-0.05, 0) is 36.4 Å². The Bertz CT molecular complexity index is 626. The smallest absolute Gasteiger partial charge is 0.255 e. The van der Waals surface area contributed by atoms with Crippen molar-refractivity contribution in [2.75, 3.05) is 11.1 Å². The Hall–Kier alpha value is -1.95. The number of carbonyl (C=O) groups excluding carboxylic acids is 1. The van der Waals surface area contributed by atoms with E-state index < -0.39 is 17.5 Å². The van der Waals surface area contributed by atoms with Crippen LogP contribution in [0.3, 0.4) is 0 Å². The SMILES string of the molecule is Nc1ccc(F)c(NC(=O)c2cc(F)cc(Br)c2)c1. The maximum Gasteiger partial charge on any atom is 0.255 e. The molecule has 0 aliphatic rings. The molecule has 19 heavy (non-hydrogen) atoms. The normalized spacial score (nSPS) is 10.3. The first kappa shape index (κ1) is 13.5. The number of hydrogen-bond acceptors (Lipinski definition) is 2. The van der Waals surface area contributed by atoms with Gasteiger partial charge in [0.2, 0.25) is 0 Å². The molecular weight excluding hydrogens is 318 g/mol. The van der Waals surface area contributed by atoms with E-state index in [1.165, 1.54) is 24.3 Å². The van der Waals surface area contributed by atoms with E-state index in [1.807, 2.05) is 0 Å². The first-order chi connectivity index (χ1) is 8.95. The molecule has 1 amide bonds. The topological polar surface area (TPSA) is 55.1 Å². The fraction of sp³-hybridized carbons (Fsp3) is 0. The summed E-state index contributed by atoms with van der Waals surface area (Å²) < 4.78 is 27.0. The van der Waals surface area contributed by atoms with Crippen LogP contribution in [-0.2, 0) is 0 Å². The second kappa shape index (κ2) is 5.36. The number of nitrogens with two attached hydrogens (primary N) is 1. The minimum Gasteiger partial charge on any atom is -0.399 e. The van der Waals surface area contributed by atoms with E-state index in [0.29, 0.717) is 10.2 Å². The Morgan fingerprint density at radius 3 is 2.58 bits per heavy atom. The van der Waals surface area contributed by atoms with Crippen molar-refractivity contribution in [1.29, 1.82) is 0 Å². The predicted molar refractivity (Wildman–Crippen MR) is 72.9 cm³/mol. The summed E-state index contributed by atoms with van der Waals surface area (Å²) >= 11 is 3.08. The van der Waals surface area contributed by atoms with Crippen LogP contribution in [-0.4, -0.2) is 5.91 Å². The minimum atomic E-state index is -0.621. The first-order valence-corrected chi connectivity index (χ1v) is 6.07. The lowest BCUT2D eigenvalue weighted by molar-refractivity contribution is 0.102. The number of nitrogens with one attached hydrogen (secondary N) is 1. The van der Waals surface area contributed by atoms with Crippen molar-refractivity contribution in [1.82, 2.24) is 0 Å². The summed E-state index contributed by atoms with van der Waals surface area (Å²) in [5, 5.41) is 2.34. The second-order valence-corrected chi connectivity index (χ2v) is 4.77. The molecule has 0 atom stereocenters. The third-order valence-electron chi connectivity index (χ3n) is 2.36. The number of hydrogen-bond donors (Lipinski definition) is 2. The van der Waals surface area contributed by atoms with Crippen LogP contribution in [0.5, 0.6) is 0 Å². The number of benzene rings is 2. The van der Waals surface area contributed by atoms with Gasteiger partial charge in [-0.15, -0.1) is 0 Å². The van der Waals surface area contributed by atoms with Gasteiger partial charge in [0.05, 0.1) is 5.69 Å². The highest BCUT2D eigenvalue weighted by molar-refractivity contribution is 9.10. The molecule has 2 rings (SSSR count). The third kappa shape index (κ3) is 3.29. The number of anilines is 2. The van der Waals surface area contributed by atoms with Gasteiger partial charge < -0.3 is 11.1 Å². The quantitative estimate of drug-likeness (QED) is 0.829. The van der Waals surface area contributed by atoms with Gasteiger partial charge in [0.1, 0.15) is 11.6 Å². The molecule has 3 nitrogen and oxygen atoms in total. The van der Waals surface area contributed by atoms with Gasteiger partial charge >= 0.3 is 0 Å². The molecule has 6 heteroatoms. The number of halogens is 3. The highest BCUT2D eigenvalue weighted by atomic mass is 79.9. The van der Waals surface area contributed by atoms with Crippen LogP contribution in [0.1, 0.15) is 10.4 Å². The van der Waals surface area contributed by atoms with Crippen molar-refractivity contribution in [2.45, 2.75) is 0 Å². The lowest BCUT2D eigenvalue weighted by Gasteiger charge is -2.07. The molecule has 0 fully saturated rings. The van der Waals surface area contributed by atoms with E-state index in [9.17, 15) is 13.6 Å². The summed E-state index contributed by atoms with van der Waals surface area (Å²) in [6.45, 7) is 0. The van der Waals surface area contributed by atoms with Crippen molar-refractivity contribution >= 4 is 33.2 Å². The van der Waals surface area contributed by atoms with Crippen LogP contribution in [0.4, 0.5) is 20.2 Å². The zero-order chi connectivity index (χ0) is 14.0. The molecule has 3 N–H and O–H groups in total. The van der Waals surface area contributed by atoms with Crippen LogP contribution in [0, 0.1) is 11.6 Å². The van der Waals surface area contributed by atoms with Gasteiger partial charge in [-0.1, -0.05) is 15.9 Å². The molecule has 0 aliphatic heterocycles. The Morgan fingerprint density at radius 2 is 1.89 bits per heavy atom. The molecule has 0 unspecified atom stereocenters. The minimum absolute atomic E-state index is 0.0506. The van der Waals surface area contributed by atoms with E-state index in [4.69, 9.17) is 5.73 Å². The number of nitrogen functional groups attached to an aromatic ring is 1. The molecule has 0 aliphatic carbocycles. The molecular formula is C13H9BrF2N2O. The highest BCUT2D eigenvalue weighted by Gasteiger charge is 2.11. The van der Waals surface area contributed by atoms with E-state index in [1.54, 1.807) is 0 Å². The van der Waals surface area contributed by atoms with Gasteiger partial charge in [-0.25, -0.2) is 8.78 Å². The summed E-state index contributed by atoms with van der Waals surface area (Å²) in [5.74, 6) is -1.80. The van der Waals surface area contributed by atoms with Crippen molar-refractivity contribution in [3.05, 3.63) is 58.1 Å². The van der Waals surface area contributed by atoms with E-state index in [0.717, 1.165) is 12.1 Å². The van der Waals surface area contributed by atoms with Gasteiger partial charge in [0.25, 0.3) is 5.91 Å². The van der Waals surface area contributed by atoms with E-state index in [-0.39, 0.29) is 11.3 Å². The second-order valence-electron chi connectivity index (χ2n) is 3.85. The Morgan fingerprint density at radius 1 is 1.16 bits per heavy atom. The molecule has 0 aromatic heterocycles. The zero-order valence-electron chi connectivity index (χ0n) is 9.58. The standard InChI is InChI=1S/C13H9BrF2N2O/c14-8-3-7(4-9(15)5-8)13(19)18-12-6-10(17)1-2-11(12)16/h1-6H,17H2,(H,18,19). The van der Waals surface area contributed by atoms with Crippen molar-refractivity contribution in [2.24, 2.45) is 0 Å². The summed E-state index contributed by atoms with van der Waals surface area (Å²) in [5.41, 5.74) is 5.85. The van der Waals surface area contributed by atoms with Crippen molar-refractivity contribution < 1.29 is 13.6 Å². The highest BCUT2D eigenvalue weighted by Crippen LogP contribution is 2.20. The zero-order valence-corrected chi connectivity index (χ0v) is 11.2. The maximum atomic E-state index is 13.5. The Balaban J connectivity index is 2.28. The molecule has 0 radical (unpaired) electrons. The molecule has 0 spiro atoms. The molecule has 98 valence electrons. The number of carbonyl (C=O) groups is 1. The number of rotatable bonds is 2. The predicted octanol–water partition coefficient (Wildman–Crippen LogP) is 3.56. The largest absolute Gasteiger partial charge is 0.399 e. The average Bonchev–Trinajstić information content (AvgIpc) is 2.32. The fourth-order valence-electron chi connectivity index (χ4n) is 1.52. The molecule has 0 saturated carbocycles. The lowest BCUT2D eigenvalue weighted by atomic mass is 10.2. The summed E-state index contributed by atoms with van der Waals surface area (Å²) in [6.07, 6.45) is 0. The van der Waals surface area contributed by atoms with E-state index in [2.05, 4.69) is 21.2 Å². The molecule has 0 bridgehead atoms. The van der Waals surface area contributed by atoms with Gasteiger partial charge in [-0.3, -0.25) is 4.79 Å². The van der Waals surface area contributed by atoms with E-state index >= 15 is 0 Å². The molecule has 0 saturated heterocycles. The van der Waals surface area contributed by atoms with Gasteiger partial charge in [-0.2, -0.15) is 0 Å². The van der Waals surface area contributed by atoms with Crippen LogP contribution < -0.4 is 11.1 Å². The fourth-order valence-corrected chi connectivity index (χ4v) is 1.98. The molecule has 0 heterocycles. The first-order valence-electron chi connectivity index (χ1n) is 5.28. The van der Waals surface area contributed by atoms with Crippen molar-refractivity contribution in [3.63, 3.8) is 0 Å². The lowest BCUT2D eigenvalue weighted by Crippen LogP contribution is -2.13. The average molecular weight is 327 g/mol. The maximum absolute atomic E-state index is 13.5. The third-order valence-corrected chi connectivity index (χ3v) is 2.82. The summed E-state index contributed by atoms with van der Waals surface area (Å²) in [6, 6.07) is 7.53. The van der Waals surface area contributed by atoms with Crippen LogP contribution >= 0.6 is 15.9 Å². The van der Waals surface area contributed by atoms with Gasteiger partial charge in [0, 0.05) is 15.7 Å². The Kier molecular flexibility index (Phi) is 3.80. The number of amides is 1. The van der Waals surface area contributed by atoms with Crippen molar-refractivity contribution in [3.8, 4) is 0 Å². The molecule has 2 aromatic carbocycles.